The molecule has 0 aromatic carbocycles. The zero-order chi connectivity index (χ0) is 45.0. The van der Waals surface area contributed by atoms with Crippen LogP contribution in [0.2, 0.25) is 0 Å². The summed E-state index contributed by atoms with van der Waals surface area (Å²) in [6.07, 6.45) is 47.1. The summed E-state index contributed by atoms with van der Waals surface area (Å²) in [5, 5.41) is 0. The molecule has 9 nitrogen and oxygen atoms in total. The number of ether oxygens (including phenoxy) is 2. The number of rotatable bonds is 49. The highest BCUT2D eigenvalue weighted by atomic mass is 31.2. The minimum absolute atomic E-state index is 0.0253. The van der Waals surface area contributed by atoms with Crippen molar-refractivity contribution in [3.63, 3.8) is 0 Å². The van der Waals surface area contributed by atoms with E-state index in [0.29, 0.717) is 17.4 Å². The molecule has 0 saturated heterocycles. The van der Waals surface area contributed by atoms with Crippen LogP contribution in [0.25, 0.3) is 0 Å². The van der Waals surface area contributed by atoms with Crippen molar-refractivity contribution in [3.05, 3.63) is 0 Å². The summed E-state index contributed by atoms with van der Waals surface area (Å²) < 4.78 is 34.1. The van der Waals surface area contributed by atoms with Crippen molar-refractivity contribution in [2.45, 2.75) is 270 Å². The third kappa shape index (κ3) is 48.3. The van der Waals surface area contributed by atoms with Crippen molar-refractivity contribution >= 4 is 19.8 Å². The van der Waals surface area contributed by atoms with E-state index < -0.39 is 26.5 Å². The summed E-state index contributed by atoms with van der Waals surface area (Å²) in [5.74, 6) is -0.814. The molecule has 0 heterocycles. The van der Waals surface area contributed by atoms with Gasteiger partial charge in [-0.1, -0.05) is 239 Å². The van der Waals surface area contributed by atoms with Crippen molar-refractivity contribution in [1.29, 1.82) is 0 Å². The Hall–Kier alpha value is -0.990. The van der Waals surface area contributed by atoms with E-state index in [9.17, 15) is 19.0 Å². The molecule has 0 rings (SSSR count). The molecule has 0 spiro atoms. The number of carbonyl (C=O) groups is 2. The number of nitrogens with zero attached hydrogens (tertiary/aromatic N) is 1. The third-order valence-electron chi connectivity index (χ3n) is 11.9. The van der Waals surface area contributed by atoms with Gasteiger partial charge in [0, 0.05) is 12.8 Å². The molecule has 0 aliphatic rings. The molecule has 2 atom stereocenters. The van der Waals surface area contributed by atoms with E-state index in [1.807, 2.05) is 21.1 Å². The lowest BCUT2D eigenvalue weighted by Crippen LogP contribution is -2.37. The highest BCUT2D eigenvalue weighted by Gasteiger charge is 2.21. The zero-order valence-electron chi connectivity index (χ0n) is 41.1. The lowest BCUT2D eigenvalue weighted by Gasteiger charge is -2.28. The van der Waals surface area contributed by atoms with E-state index in [1.165, 1.54) is 199 Å². The Labute approximate surface area is 378 Å². The fraction of sp³-hybridized carbons (Fsp3) is 0.961. The summed E-state index contributed by atoms with van der Waals surface area (Å²) in [6.45, 7) is 4.29. The van der Waals surface area contributed by atoms with Gasteiger partial charge in [0.2, 0.25) is 0 Å². The molecule has 0 N–H and O–H groups in total. The van der Waals surface area contributed by atoms with Crippen LogP contribution in [0, 0.1) is 0 Å². The number of quaternary nitrogens is 1. The highest BCUT2D eigenvalue weighted by Crippen LogP contribution is 2.38. The predicted octanol–water partition coefficient (Wildman–Crippen LogP) is 14.9. The average molecular weight is 888 g/mol. The van der Waals surface area contributed by atoms with Crippen LogP contribution in [0.5, 0.6) is 0 Å². The first-order valence-corrected chi connectivity index (χ1v) is 27.7. The Morgan fingerprint density at radius 1 is 0.443 bits per heavy atom. The topological polar surface area (TPSA) is 111 Å². The molecule has 0 fully saturated rings. The van der Waals surface area contributed by atoms with Gasteiger partial charge in [-0.15, -0.1) is 0 Å². The molecule has 364 valence electrons. The number of carbonyl (C=O) groups excluding carboxylic acids is 2. The van der Waals surface area contributed by atoms with Crippen molar-refractivity contribution in [1.82, 2.24) is 0 Å². The van der Waals surface area contributed by atoms with Crippen LogP contribution >= 0.6 is 7.82 Å². The maximum Gasteiger partial charge on any atom is 0.306 e. The molecule has 0 radical (unpaired) electrons. The quantitative estimate of drug-likeness (QED) is 0.0257. The summed E-state index contributed by atoms with van der Waals surface area (Å²) in [4.78, 5) is 37.7. The second kappa shape index (κ2) is 44.2. The number of esters is 2. The smallest absolute Gasteiger partial charge is 0.306 e. The molecule has 0 aliphatic carbocycles. The maximum absolute atomic E-state index is 12.7. The van der Waals surface area contributed by atoms with Gasteiger partial charge in [0.25, 0.3) is 7.82 Å². The largest absolute Gasteiger partial charge is 0.756 e. The minimum Gasteiger partial charge on any atom is -0.756 e. The van der Waals surface area contributed by atoms with Crippen molar-refractivity contribution in [3.8, 4) is 0 Å². The summed E-state index contributed by atoms with van der Waals surface area (Å²) in [6, 6.07) is 0. The molecule has 0 bridgehead atoms. The number of likely N-dealkylation sites (N-methyl/N-ethyl adjacent to an activating group) is 1. The first-order valence-electron chi connectivity index (χ1n) is 26.2. The van der Waals surface area contributed by atoms with Crippen molar-refractivity contribution in [2.75, 3.05) is 47.5 Å². The van der Waals surface area contributed by atoms with Gasteiger partial charge in [0.15, 0.2) is 6.10 Å². The van der Waals surface area contributed by atoms with E-state index >= 15 is 0 Å². The SMILES string of the molecule is CCCCCCCCCCCCCCCCCCCCCCCCCC(=O)OC(COC(=O)CCCCCCCCCCCCCCCC)COP(=O)([O-])OCC[N+](C)(C)C. The summed E-state index contributed by atoms with van der Waals surface area (Å²) >= 11 is 0. The summed E-state index contributed by atoms with van der Waals surface area (Å²) in [7, 11) is 1.19. The molecule has 2 unspecified atom stereocenters. The highest BCUT2D eigenvalue weighted by molar-refractivity contribution is 7.45. The average Bonchev–Trinajstić information content (AvgIpc) is 3.21. The van der Waals surface area contributed by atoms with E-state index in [2.05, 4.69) is 13.8 Å². The Kier molecular flexibility index (Phi) is 43.5. The van der Waals surface area contributed by atoms with Gasteiger partial charge in [-0.25, -0.2) is 0 Å². The number of unbranched alkanes of at least 4 members (excludes halogenated alkanes) is 35. The number of hydrogen-bond acceptors (Lipinski definition) is 8. The molecule has 10 heteroatoms. The zero-order valence-corrected chi connectivity index (χ0v) is 42.0. The van der Waals surface area contributed by atoms with E-state index in [-0.39, 0.29) is 32.0 Å². The summed E-state index contributed by atoms with van der Waals surface area (Å²) in [5.41, 5.74) is 0. The normalized spacial score (nSPS) is 13.3. The van der Waals surface area contributed by atoms with Gasteiger partial charge in [-0.05, 0) is 12.8 Å². The maximum atomic E-state index is 12.7. The molecule has 0 aliphatic heterocycles. The van der Waals surface area contributed by atoms with E-state index in [1.54, 1.807) is 0 Å². The second-order valence-corrected chi connectivity index (χ2v) is 20.7. The lowest BCUT2D eigenvalue weighted by atomic mass is 10.0. The van der Waals surface area contributed by atoms with Crippen LogP contribution in [-0.2, 0) is 32.7 Å². The van der Waals surface area contributed by atoms with Gasteiger partial charge in [-0.2, -0.15) is 0 Å². The second-order valence-electron chi connectivity index (χ2n) is 19.3. The first-order chi connectivity index (χ1) is 29.5. The lowest BCUT2D eigenvalue weighted by molar-refractivity contribution is -0.870. The molecule has 0 amide bonds. The monoisotopic (exact) mass is 888 g/mol. The van der Waals surface area contributed by atoms with Crippen molar-refractivity contribution in [2.24, 2.45) is 0 Å². The van der Waals surface area contributed by atoms with Crippen LogP contribution in [0.1, 0.15) is 264 Å². The molecule has 61 heavy (non-hydrogen) atoms. The molecular formula is C51H102NO8P. The fourth-order valence-electron chi connectivity index (χ4n) is 7.78. The van der Waals surface area contributed by atoms with E-state index in [0.717, 1.165) is 32.1 Å². The number of phosphoric acid groups is 1. The molecule has 0 saturated carbocycles. The third-order valence-corrected chi connectivity index (χ3v) is 12.8. The molecular weight excluding hydrogens is 786 g/mol. The van der Waals surface area contributed by atoms with Crippen LogP contribution in [-0.4, -0.2) is 70.0 Å². The number of hydrogen-bond donors (Lipinski definition) is 0. The van der Waals surface area contributed by atoms with Crippen molar-refractivity contribution < 1.29 is 42.1 Å². The van der Waals surface area contributed by atoms with Gasteiger partial charge in [-0.3, -0.25) is 14.2 Å². The van der Waals surface area contributed by atoms with Crippen LogP contribution in [0.4, 0.5) is 0 Å². The van der Waals surface area contributed by atoms with Gasteiger partial charge >= 0.3 is 11.9 Å². The molecule has 0 aromatic rings. The van der Waals surface area contributed by atoms with Crippen LogP contribution < -0.4 is 4.89 Å². The van der Waals surface area contributed by atoms with Crippen LogP contribution in [0.3, 0.4) is 0 Å². The predicted molar refractivity (Wildman–Crippen MR) is 255 cm³/mol. The Bertz CT molecular complexity index is 1010. The Morgan fingerprint density at radius 2 is 0.738 bits per heavy atom. The standard InChI is InChI=1S/C51H102NO8P/c1-6-8-10-12-14-16-18-20-22-23-24-25-26-27-28-29-30-32-34-36-38-40-42-44-51(54)60-49(48-59-61(55,56)58-46-45-52(3,4)5)47-57-50(53)43-41-39-37-35-33-31-21-19-17-15-13-11-9-7-2/h49H,6-48H2,1-5H3. The number of phosphoric ester groups is 1. The van der Waals surface area contributed by atoms with Crippen LogP contribution in [0.15, 0.2) is 0 Å². The van der Waals surface area contributed by atoms with Gasteiger partial charge in [0.1, 0.15) is 19.8 Å². The first kappa shape index (κ1) is 60.0. The Morgan fingerprint density at radius 3 is 1.05 bits per heavy atom. The fourth-order valence-corrected chi connectivity index (χ4v) is 8.50. The minimum atomic E-state index is -4.62. The Balaban J connectivity index is 4.14. The van der Waals surface area contributed by atoms with E-state index in [4.69, 9.17) is 18.5 Å². The van der Waals surface area contributed by atoms with Gasteiger partial charge in [0.05, 0.1) is 27.7 Å². The molecule has 0 aromatic heterocycles. The van der Waals surface area contributed by atoms with Gasteiger partial charge < -0.3 is 27.9 Å².